The zero-order valence-corrected chi connectivity index (χ0v) is 65.8. The molecule has 6 aliphatic rings. The summed E-state index contributed by atoms with van der Waals surface area (Å²) in [5.74, 6) is -40.7. The Balaban J connectivity index is 2.13. The van der Waals surface area contributed by atoms with Crippen LogP contribution in [0.3, 0.4) is 0 Å². The number of aliphatic carboxylic acids is 16. The zero-order chi connectivity index (χ0) is 81.0. The summed E-state index contributed by atoms with van der Waals surface area (Å²) in [6.45, 7) is 0. The van der Waals surface area contributed by atoms with Gasteiger partial charge in [0.25, 0.3) is 0 Å². The second-order valence-electron chi connectivity index (χ2n) is 26.9. The molecule has 6 fully saturated rings. The van der Waals surface area contributed by atoms with Crippen molar-refractivity contribution < 1.29 is 208 Å². The van der Waals surface area contributed by atoms with Gasteiger partial charge in [-0.15, -0.1) is 0 Å². The van der Waals surface area contributed by atoms with E-state index < -0.39 is 416 Å². The van der Waals surface area contributed by atoms with Crippen LogP contribution in [-0.2, 0) is 126 Å². The van der Waals surface area contributed by atoms with Crippen LogP contribution in [0.4, 0.5) is 0 Å². The zero-order valence-electron chi connectivity index (χ0n) is 57.8. The van der Waals surface area contributed by atoms with Crippen LogP contribution in [0.15, 0.2) is 0 Å². The fourth-order valence-electron chi connectivity index (χ4n) is 13.3. The molecule has 0 aromatic carbocycles. The van der Waals surface area contributed by atoms with Gasteiger partial charge < -0.3 is 131 Å². The van der Waals surface area contributed by atoms with Gasteiger partial charge in [-0.2, -0.15) is 0 Å². The van der Waals surface area contributed by atoms with Gasteiger partial charge in [0.2, 0.25) is 0 Å². The number of carboxylic acid groups (broad SMARTS) is 16. The highest BCUT2D eigenvalue weighted by molar-refractivity contribution is 7.03. The molecule has 108 heavy (non-hydrogen) atoms. The summed E-state index contributed by atoms with van der Waals surface area (Å²) in [5, 5.41) is 163. The lowest BCUT2D eigenvalue weighted by Crippen LogP contribution is -2.88. The molecule has 0 aromatic heterocycles. The van der Waals surface area contributed by atoms with Crippen molar-refractivity contribution in [2.24, 2.45) is 47.3 Å². The lowest BCUT2D eigenvalue weighted by Gasteiger charge is -2.63. The fraction of sp³-hybridized carbons (Fsp3) is 0.714. The number of carbonyl (C=O) groups is 16. The molecular weight excluding hydrogens is 1600 g/mol. The number of hydrogen-bond donors (Lipinski definition) is 16. The summed E-state index contributed by atoms with van der Waals surface area (Å²) >= 11 is 0. The third-order valence-corrected chi connectivity index (χ3v) is 55.8. The lowest BCUT2D eigenvalue weighted by atomic mass is 10.0. The summed E-state index contributed by atoms with van der Waals surface area (Å²) in [4.78, 5) is 201. The van der Waals surface area contributed by atoms with Gasteiger partial charge in [-0.3, -0.25) is 76.7 Å². The molecule has 0 aromatic rings. The SMILES string of the molecule is O=C(O)CC(CCC[Si]12O[Si]3(CCCC(CC(=O)O)C(=O)O)O[Si]4(CCCC(CC(=O)O)C(=O)O)O[Si](CCCC(CC(=O)O)C(=O)O)(O1)O[Si]1(CCCC(CC(=O)O)C(=O)O)O[Si](CCCC(CC(=O)O)C(=O)O)(O2)O[Si](CCCC(CC(=O)O)C(=O)O)(O3)O[Si](CCCC(CC(=O)O)C(=O)O)(O4)O1)C(=O)O. The van der Waals surface area contributed by atoms with Crippen LogP contribution in [0, 0.1) is 47.3 Å². The van der Waals surface area contributed by atoms with Gasteiger partial charge in [0.1, 0.15) is 0 Å². The molecule has 0 radical (unpaired) electrons. The minimum absolute atomic E-state index is 0.609. The lowest BCUT2D eigenvalue weighted by molar-refractivity contribution is -0.148. The van der Waals surface area contributed by atoms with E-state index in [2.05, 4.69) is 0 Å². The molecule has 6 heterocycles. The Morgan fingerprint density at radius 2 is 0.250 bits per heavy atom. The van der Waals surface area contributed by atoms with E-state index in [0.29, 0.717) is 0 Å². The maximum Gasteiger partial charge on any atom is 0.478 e. The Morgan fingerprint density at radius 1 is 0.167 bits per heavy atom. The van der Waals surface area contributed by atoms with Gasteiger partial charge in [0.05, 0.1) is 98.7 Å². The molecule has 16 N–H and O–H groups in total. The molecule has 52 heteroatoms. The maximum atomic E-state index is 12.9. The number of hydrogen-bond acceptors (Lipinski definition) is 28. The Morgan fingerprint density at radius 3 is 0.315 bits per heavy atom. The molecule has 6 rings (SSSR count). The highest BCUT2D eigenvalue weighted by atomic mass is 28.6. The van der Waals surface area contributed by atoms with E-state index in [0.717, 1.165) is 0 Å². The highest BCUT2D eigenvalue weighted by Crippen LogP contribution is 2.56. The quantitative estimate of drug-likeness (QED) is 0.0388. The van der Waals surface area contributed by atoms with Crippen molar-refractivity contribution in [3.8, 4) is 0 Å². The van der Waals surface area contributed by atoms with Crippen LogP contribution in [0.1, 0.15) is 154 Å². The molecule has 8 bridgehead atoms. The van der Waals surface area contributed by atoms with E-state index in [9.17, 15) is 158 Å². The molecule has 44 nitrogen and oxygen atoms in total. The largest absolute Gasteiger partial charge is 0.481 e. The van der Waals surface area contributed by atoms with Crippen LogP contribution >= 0.6 is 0 Å². The van der Waals surface area contributed by atoms with Gasteiger partial charge in [0.15, 0.2) is 0 Å². The molecule has 8 atom stereocenters. The van der Waals surface area contributed by atoms with E-state index in [1.807, 2.05) is 0 Å². The normalized spacial score (nSPS) is 27.7. The van der Waals surface area contributed by atoms with Crippen LogP contribution < -0.4 is 0 Å². The smallest absolute Gasteiger partial charge is 0.478 e. The molecule has 0 amide bonds. The third-order valence-electron chi connectivity index (χ3n) is 18.2. The number of rotatable bonds is 56. The Labute approximate surface area is 620 Å². The Bertz CT molecular complexity index is 2630. The average molecular weight is 1690 g/mol. The van der Waals surface area contributed by atoms with Crippen molar-refractivity contribution in [1.29, 1.82) is 0 Å². The average Bonchev–Trinajstić information content (AvgIpc) is 0.687. The van der Waals surface area contributed by atoms with Crippen molar-refractivity contribution in [3.05, 3.63) is 0 Å². The standard InChI is InChI=1S/C56H88O44Si8/c57-41(58)25-33(49(73)74)9-1-17-101-89-102(18-2-10-34(50(75)76)26-42(59)60)92-105(21-5-13-37(53(81)82)29-45(65)66)94-103(90-101,19-3-11-35(51(77)78)27-43(61)62)96-107(23-7-15-39(55(85)86)31-47(69)70)97-104(91-101,20-4-12-36(52(79)80)28-44(63)64)95-106(93-102,22-6-14-38(54(83)84)30-46(67)68)99-108(98-105,100-107)24-8-16-40(56(87)88)32-48(71)72/h33-40H,1-32H2,(H,57,58)(H,59,60)(H,61,62)(H,63,64)(H,65,66)(H,67,68)(H,69,70)(H,71,72)(H,73,74)(H,75,76)(H,77,78)(H,79,80)(H,81,82)(H,83,84)(H,85,86)(H,87,88). The van der Waals surface area contributed by atoms with E-state index in [1.54, 1.807) is 0 Å². The van der Waals surface area contributed by atoms with Crippen LogP contribution in [0.2, 0.25) is 48.4 Å². The van der Waals surface area contributed by atoms with Gasteiger partial charge in [0, 0.05) is 48.4 Å². The summed E-state index contributed by atoms with van der Waals surface area (Å²) < 4.78 is 89.4. The summed E-state index contributed by atoms with van der Waals surface area (Å²) in [5.41, 5.74) is 0. The molecular formula is C56H88O44Si8. The first-order valence-corrected chi connectivity index (χ1v) is 49.7. The van der Waals surface area contributed by atoms with Crippen molar-refractivity contribution in [3.63, 3.8) is 0 Å². The molecule has 608 valence electrons. The van der Waals surface area contributed by atoms with Crippen LogP contribution in [0.25, 0.3) is 0 Å². The molecule has 0 spiro atoms. The van der Waals surface area contributed by atoms with E-state index in [-0.39, 0.29) is 0 Å². The predicted octanol–water partition coefficient (Wildman–Crippen LogP) is 3.41. The Kier molecular flexibility index (Phi) is 33.5. The van der Waals surface area contributed by atoms with Crippen LogP contribution in [-0.4, -0.2) is 248 Å². The number of carboxylic acids is 16. The van der Waals surface area contributed by atoms with Gasteiger partial charge in [-0.1, -0.05) is 0 Å². The van der Waals surface area contributed by atoms with E-state index in [4.69, 9.17) is 49.4 Å². The van der Waals surface area contributed by atoms with Crippen molar-refractivity contribution in [1.82, 2.24) is 0 Å². The minimum Gasteiger partial charge on any atom is -0.481 e. The van der Waals surface area contributed by atoms with Crippen molar-refractivity contribution >= 4 is 166 Å². The summed E-state index contributed by atoms with van der Waals surface area (Å²) in [6, 6.07) is -6.84. The van der Waals surface area contributed by atoms with E-state index in [1.165, 1.54) is 0 Å². The molecule has 8 unspecified atom stereocenters. The first-order valence-electron chi connectivity index (χ1n) is 34.2. The molecule has 0 aliphatic carbocycles. The van der Waals surface area contributed by atoms with Crippen LogP contribution in [0.5, 0.6) is 0 Å². The van der Waals surface area contributed by atoms with E-state index >= 15 is 0 Å². The molecule has 6 saturated heterocycles. The van der Waals surface area contributed by atoms with Gasteiger partial charge >= 0.3 is 166 Å². The van der Waals surface area contributed by atoms with Crippen molar-refractivity contribution in [2.75, 3.05) is 0 Å². The second-order valence-corrected chi connectivity index (χ2v) is 51.6. The predicted molar refractivity (Wildman–Crippen MR) is 358 cm³/mol. The van der Waals surface area contributed by atoms with Gasteiger partial charge in [-0.05, 0) is 103 Å². The second kappa shape index (κ2) is 39.6. The third kappa shape index (κ3) is 27.7. The Hall–Kier alpha value is -7.22. The monoisotopic (exact) mass is 1690 g/mol. The summed E-state index contributed by atoms with van der Waals surface area (Å²) in [7, 11) is -46.1. The first kappa shape index (κ1) is 91.4. The first-order chi connectivity index (χ1) is 50.3. The van der Waals surface area contributed by atoms with Crippen molar-refractivity contribution in [2.45, 2.75) is 202 Å². The topological polar surface area (TPSA) is 708 Å². The molecule has 0 saturated carbocycles. The van der Waals surface area contributed by atoms with Gasteiger partial charge in [-0.25, -0.2) is 0 Å². The fourth-order valence-corrected chi connectivity index (χ4v) is 63.9. The minimum atomic E-state index is -5.77. The summed E-state index contributed by atoms with van der Waals surface area (Å²) in [6.07, 6.45) is -18.6. The maximum absolute atomic E-state index is 12.9. The molecule has 6 aliphatic heterocycles. The highest BCUT2D eigenvalue weighted by Gasteiger charge is 2.83.